The number of hydrogen-bond donors (Lipinski definition) is 5. The van der Waals surface area contributed by atoms with Crippen LogP contribution in [-0.2, 0) is 19.3 Å². The van der Waals surface area contributed by atoms with Crippen LogP contribution < -0.4 is 123 Å². The number of rotatable bonds is 9. The normalized spacial score (nSPS) is 11.0. The number of amides is 2. The summed E-state index contributed by atoms with van der Waals surface area (Å²) in [7, 11) is 0. The largest absolute Gasteiger partial charge is 1.00 e. The molecule has 0 aliphatic heterocycles. The van der Waals surface area contributed by atoms with Crippen molar-refractivity contribution in [3.63, 3.8) is 0 Å². The van der Waals surface area contributed by atoms with Gasteiger partial charge in [-0.2, -0.15) is 10.5 Å². The predicted octanol–water partition coefficient (Wildman–Crippen LogP) is 0.550. The number of hydrogen-bond acceptors (Lipinski definition) is 11. The van der Waals surface area contributed by atoms with Crippen LogP contribution in [0, 0.1) is 61.3 Å². The van der Waals surface area contributed by atoms with Gasteiger partial charge in [0.2, 0.25) is 0 Å². The number of nitrogens with zero attached hydrogens (tertiary/aromatic N) is 4. The van der Waals surface area contributed by atoms with Crippen LogP contribution in [0.1, 0.15) is 45.0 Å². The van der Waals surface area contributed by atoms with Crippen LogP contribution in [0.15, 0.2) is 72.8 Å². The molecule has 0 fully saturated rings. The van der Waals surface area contributed by atoms with Gasteiger partial charge in [-0.05, 0) is 87.4 Å². The molecule has 0 aliphatic rings. The van der Waals surface area contributed by atoms with Gasteiger partial charge in [0.05, 0.1) is 24.3 Å². The number of carbonyl (C=O) groups excluding carboxylic acids is 3. The summed E-state index contributed by atoms with van der Waals surface area (Å²) in [5.74, 6) is -2.71. The summed E-state index contributed by atoms with van der Waals surface area (Å²) in [6.07, 6.45) is 0. The smallest absolute Gasteiger partial charge is 1.00 e. The van der Waals surface area contributed by atoms with Crippen LogP contribution in [-0.4, -0.2) is 56.7 Å². The first-order valence-corrected chi connectivity index (χ1v) is 17.0. The van der Waals surface area contributed by atoms with E-state index in [1.807, 2.05) is 0 Å². The molecule has 4 rings (SSSR count). The second kappa shape index (κ2) is 30.4. The van der Waals surface area contributed by atoms with Crippen molar-refractivity contribution in [1.82, 2.24) is 0 Å². The van der Waals surface area contributed by atoms with E-state index in [4.69, 9.17) is 43.6 Å². The predicted molar refractivity (Wildman–Crippen MR) is 212 cm³/mol. The first-order chi connectivity index (χ1) is 26.8. The molecule has 2 amide bonds. The van der Waals surface area contributed by atoms with Crippen molar-refractivity contribution >= 4 is 57.0 Å². The molecule has 0 bridgehead atoms. The van der Waals surface area contributed by atoms with Gasteiger partial charge in [0.25, 0.3) is 18.3 Å². The van der Waals surface area contributed by atoms with E-state index < -0.39 is 41.3 Å². The molecular formula is C40H39BrF2K2N6O9. The fraction of sp³-hybridized carbons (Fsp3) is 0.225. The number of aryl methyl sites for hydroxylation is 2. The number of halogens is 3. The van der Waals surface area contributed by atoms with E-state index in [-0.39, 0.29) is 146 Å². The van der Waals surface area contributed by atoms with Gasteiger partial charge in [-0.3, -0.25) is 14.4 Å². The maximum atomic E-state index is 13.6. The summed E-state index contributed by atoms with van der Waals surface area (Å²) in [6, 6.07) is 20.1. The van der Waals surface area contributed by atoms with E-state index in [0.29, 0.717) is 28.3 Å². The Kier molecular flexibility index (Phi) is 30.7. The van der Waals surface area contributed by atoms with Gasteiger partial charge in [0.1, 0.15) is 47.5 Å². The summed E-state index contributed by atoms with van der Waals surface area (Å²) in [5.41, 5.74) is 0.00108. The topological polar surface area (TPSA) is 234 Å². The molecule has 60 heavy (non-hydrogen) atoms. The van der Waals surface area contributed by atoms with Crippen LogP contribution in [0.5, 0.6) is 11.5 Å². The molecule has 0 saturated heterocycles. The van der Waals surface area contributed by atoms with Gasteiger partial charge in [-0.25, -0.2) is 18.5 Å². The van der Waals surface area contributed by atoms with E-state index in [9.17, 15) is 28.6 Å². The Bertz CT molecular complexity index is 2250. The van der Waals surface area contributed by atoms with Gasteiger partial charge < -0.3 is 42.3 Å². The van der Waals surface area contributed by atoms with E-state index in [2.05, 4.69) is 41.1 Å². The van der Waals surface area contributed by atoms with Crippen LogP contribution in [0.25, 0.3) is 9.69 Å². The number of phenols is 1. The minimum Gasteiger partial charge on any atom is -1.00 e. The molecule has 0 unspecified atom stereocenters. The van der Waals surface area contributed by atoms with Crippen LogP contribution in [0.2, 0.25) is 0 Å². The Morgan fingerprint density at radius 3 is 1.62 bits per heavy atom. The molecule has 15 nitrogen and oxygen atoms in total. The average molecular weight is 944 g/mol. The standard InChI is InChI=1S/C19H16FN3O3.C12H13BrN2O2.C7H4FNO.CH2O3.CH4.2K.H/c1-12-8-14(5-7-17(12)22-3)23-18(24)19(2,25)11-26-15-6-4-13(10-21)16(20)9-15;1-8-6-9(4-5-10(8)14-3)15-11(16)12(2,17)7-13;8-7-3-6(10)2-1-5(7)4-9;2-1-4-3;;;;/h4-9,25H,11H2,1-2H3,(H,23,24);4-6,17H,7H2,1-2H3,(H,15,16);1-3,10H;1,3H;1H4;;;/q;;;;;2*+1;-1/p-1/t19-;12-;;;;;;/m00....../s1. The average Bonchev–Trinajstić information content (AvgIpc) is 3.18. The summed E-state index contributed by atoms with van der Waals surface area (Å²) in [4.78, 5) is 41.9. The first kappa shape index (κ1) is 60.6. The maximum absolute atomic E-state index is 13.6. The summed E-state index contributed by atoms with van der Waals surface area (Å²) < 4.78 is 31.3. The third kappa shape index (κ3) is 20.7. The molecule has 20 heteroatoms. The Morgan fingerprint density at radius 1 is 0.850 bits per heavy atom. The minimum absolute atomic E-state index is 0. The van der Waals surface area contributed by atoms with E-state index in [1.165, 1.54) is 38.1 Å². The van der Waals surface area contributed by atoms with Crippen LogP contribution >= 0.6 is 15.9 Å². The van der Waals surface area contributed by atoms with E-state index in [0.717, 1.165) is 17.7 Å². The Hall–Kier alpha value is -3.66. The Balaban J connectivity index is -0.000000401. The molecule has 5 N–H and O–H groups in total. The quantitative estimate of drug-likeness (QED) is 0.0389. The number of anilines is 2. The first-order valence-electron chi connectivity index (χ1n) is 15.9. The number of nitriles is 2. The molecule has 0 radical (unpaired) electrons. The molecular weight excluding hydrogens is 905 g/mol. The van der Waals surface area contributed by atoms with Crippen molar-refractivity contribution in [1.29, 1.82) is 10.5 Å². The summed E-state index contributed by atoms with van der Waals surface area (Å²) >= 11 is 3.07. The molecule has 306 valence electrons. The van der Waals surface area contributed by atoms with Crippen molar-refractivity contribution in [3.05, 3.63) is 130 Å². The van der Waals surface area contributed by atoms with Gasteiger partial charge >= 0.3 is 103 Å². The fourth-order valence-corrected chi connectivity index (χ4v) is 4.12. The van der Waals surface area contributed by atoms with E-state index in [1.54, 1.807) is 62.4 Å². The number of phenolic OH excluding ortho intramolecular Hbond substituents is 1. The number of ether oxygens (including phenoxy) is 1. The number of aliphatic hydroxyl groups is 2. The number of aromatic hydroxyl groups is 1. The van der Waals surface area contributed by atoms with Crippen LogP contribution in [0.4, 0.5) is 31.5 Å². The monoisotopic (exact) mass is 942 g/mol. The van der Waals surface area contributed by atoms with E-state index >= 15 is 0 Å². The third-order valence-corrected chi connectivity index (χ3v) is 8.17. The number of benzene rings is 4. The zero-order valence-corrected chi connectivity index (χ0v) is 40.5. The number of nitrogens with one attached hydrogen (secondary N) is 2. The van der Waals surface area contributed by atoms with Crippen molar-refractivity contribution in [3.8, 4) is 23.6 Å². The maximum Gasteiger partial charge on any atom is 1.00 e. The third-order valence-electron chi connectivity index (χ3n) is 7.08. The molecule has 4 aromatic carbocycles. The van der Waals surface area contributed by atoms with Crippen molar-refractivity contribution in [2.75, 3.05) is 22.6 Å². The van der Waals surface area contributed by atoms with Gasteiger partial charge in [-0.1, -0.05) is 35.5 Å². The molecule has 2 atom stereocenters. The number of alkyl halides is 1. The Labute approximate surface area is 441 Å². The molecule has 0 aromatic heterocycles. The second-order valence-electron chi connectivity index (χ2n) is 11.8. The zero-order chi connectivity index (χ0) is 43.3. The van der Waals surface area contributed by atoms with Gasteiger partial charge in [-0.15, -0.1) is 0 Å². The zero-order valence-electron chi connectivity index (χ0n) is 33.6. The summed E-state index contributed by atoms with van der Waals surface area (Å²) in [6.45, 7) is 19.6. The van der Waals surface area contributed by atoms with Crippen molar-refractivity contribution in [2.45, 2.75) is 46.3 Å². The minimum atomic E-state index is -1.88. The second-order valence-corrected chi connectivity index (χ2v) is 12.4. The number of carbonyl (C=O) groups is 3. The fourth-order valence-electron chi connectivity index (χ4n) is 3.87. The van der Waals surface area contributed by atoms with Gasteiger partial charge in [0.15, 0.2) is 17.0 Å². The molecule has 0 heterocycles. The molecule has 0 spiro atoms. The Morgan fingerprint density at radius 2 is 1.27 bits per heavy atom. The molecule has 0 aliphatic carbocycles. The van der Waals surface area contributed by atoms with Crippen molar-refractivity contribution in [2.24, 2.45) is 0 Å². The molecule has 0 saturated carbocycles. The SMILES string of the molecule is C.N#Cc1ccc(O)cc1F.O=CO[O-].[C-]#[N+]c1ccc(NC(=O)[C@@](C)(O)CBr)cc1C.[C-]#[N+]c1ccc(NC(=O)[C@@](C)(O)COc2ccc(C#N)c(F)c2)cc1C.[H-].[K+].[K+]. The van der Waals surface area contributed by atoms with Crippen LogP contribution in [0.3, 0.4) is 0 Å². The van der Waals surface area contributed by atoms with Crippen molar-refractivity contribution < 1.29 is 158 Å². The summed E-state index contributed by atoms with van der Waals surface area (Å²) in [5, 5.41) is 59.4. The molecule has 4 aromatic rings. The van der Waals surface area contributed by atoms with Gasteiger partial charge in [0, 0.05) is 28.8 Å².